The average Bonchev–Trinajstić information content (AvgIpc) is 1.79. The van der Waals surface area contributed by atoms with E-state index in [2.05, 4.69) is 58.4 Å². The zero-order chi connectivity index (χ0) is 90.0. The molecule has 1 aliphatic heterocycles. The third kappa shape index (κ3) is 38.4. The van der Waals surface area contributed by atoms with Gasteiger partial charge in [-0.2, -0.15) is 0 Å². The molecule has 0 saturated carbocycles. The van der Waals surface area contributed by atoms with E-state index in [4.69, 9.17) is 19.3 Å². The SMILES string of the molecule is CCCOCN(C(=O)[C@@H](NC(=O)[C@H]1CCCCN1C)C(C)CC)[C@H](C[C@@H](OC(C)=O)c1nc(C(=O)N[C@@H](Cc2ccc(O)cc2)C[C@H](C)C(=O)NNC(=O)OCCSSC[C@H](NC(=O)[C@H](CC(=O)O)NC(=O)[C@H](CC(=O)O)NC(=O)Cc2ccc(CNC(=O)NCCCC[C@H](NC(=O)N[C@@H](CCC(=O)O)C(=O)O)C(=O)O)cc2)C(=O)O)cs1)C(C)C. The Hall–Kier alpha value is -11.1. The van der Waals surface area contributed by atoms with E-state index in [0.717, 1.165) is 52.3 Å². The zero-order valence-corrected chi connectivity index (χ0v) is 71.0. The highest BCUT2D eigenvalue weighted by Crippen LogP contribution is 2.33. The minimum atomic E-state index is -2.00. The lowest BCUT2D eigenvalue weighted by molar-refractivity contribution is -0.153. The Kier molecular flexibility index (Phi) is 45.2. The number of likely N-dealkylation sites (tertiary alicyclic amines) is 1. The number of aromatic hydroxyl groups is 1. The molecule has 0 spiro atoms. The molecule has 2 heterocycles. The molecule has 18 N–H and O–H groups in total. The van der Waals surface area contributed by atoms with Crippen molar-refractivity contribution in [2.75, 3.05) is 51.6 Å². The van der Waals surface area contributed by atoms with Crippen molar-refractivity contribution in [1.82, 2.24) is 73.5 Å². The maximum Gasteiger partial charge on any atom is 0.426 e. The molecule has 0 bridgehead atoms. The van der Waals surface area contributed by atoms with Gasteiger partial charge in [-0.25, -0.2) is 39.2 Å². The van der Waals surface area contributed by atoms with Gasteiger partial charge < -0.3 is 103 Å². The summed E-state index contributed by atoms with van der Waals surface area (Å²) >= 11 is 1.05. The Morgan fingerprint density at radius 1 is 0.645 bits per heavy atom. The predicted octanol–water partition coefficient (Wildman–Crippen LogP) is 3.37. The third-order valence-corrected chi connectivity index (χ3v) is 22.4. The van der Waals surface area contributed by atoms with Crippen LogP contribution in [0.5, 0.6) is 5.75 Å². The molecule has 121 heavy (non-hydrogen) atoms. The van der Waals surface area contributed by atoms with Crippen molar-refractivity contribution in [3.8, 4) is 5.75 Å². The summed E-state index contributed by atoms with van der Waals surface area (Å²) in [5, 5.41) is 90.4. The van der Waals surface area contributed by atoms with E-state index in [0.29, 0.717) is 42.6 Å². The molecular weight excluding hydrogens is 1650 g/mol. The molecule has 3 aromatic rings. The molecule has 0 radical (unpaired) electrons. The molecule has 1 aliphatic rings. The van der Waals surface area contributed by atoms with Crippen LogP contribution in [0.3, 0.4) is 0 Å². The highest BCUT2D eigenvalue weighted by Gasteiger charge is 2.40. The summed E-state index contributed by atoms with van der Waals surface area (Å²) < 4.78 is 17.1. The van der Waals surface area contributed by atoms with Crippen LogP contribution in [-0.4, -0.2) is 258 Å². The minimum absolute atomic E-state index is 0.0133. The second-order valence-electron chi connectivity index (χ2n) is 29.2. The number of hydrogen-bond acceptors (Lipinski definition) is 26. The Morgan fingerprint density at radius 3 is 1.84 bits per heavy atom. The fourth-order valence-corrected chi connectivity index (χ4v) is 15.2. The number of carbonyl (C=O) groups excluding carboxylic acids is 11. The number of hydrazine groups is 1. The predicted molar refractivity (Wildman–Crippen MR) is 437 cm³/mol. The van der Waals surface area contributed by atoms with Gasteiger partial charge in [-0.1, -0.05) is 112 Å². The number of benzene rings is 2. The fraction of sp³-hybridized carbons (Fsp3) is 0.584. The van der Waals surface area contributed by atoms with Crippen LogP contribution < -0.4 is 58.7 Å². The second kappa shape index (κ2) is 53.5. The Bertz CT molecular complexity index is 3990. The molecule has 670 valence electrons. The minimum Gasteiger partial charge on any atom is -0.508 e. The molecule has 1 aromatic heterocycles. The van der Waals surface area contributed by atoms with E-state index in [9.17, 15) is 112 Å². The summed E-state index contributed by atoms with van der Waals surface area (Å²) in [5.74, 6) is -17.0. The number of carboxylic acid groups (broad SMARTS) is 6. The van der Waals surface area contributed by atoms with Gasteiger partial charge in [0.05, 0.1) is 25.3 Å². The van der Waals surface area contributed by atoms with Crippen LogP contribution in [0.15, 0.2) is 53.9 Å². The number of urea groups is 2. The summed E-state index contributed by atoms with van der Waals surface area (Å²) in [5.41, 5.74) is 5.91. The summed E-state index contributed by atoms with van der Waals surface area (Å²) in [7, 11) is 3.75. The quantitative estimate of drug-likeness (QED) is 0.0127. The van der Waals surface area contributed by atoms with E-state index in [-0.39, 0.29) is 117 Å². The molecule has 0 aliphatic carbocycles. The van der Waals surface area contributed by atoms with Gasteiger partial charge in [0.15, 0.2) is 6.10 Å². The first-order chi connectivity index (χ1) is 57.3. The highest BCUT2D eigenvalue weighted by molar-refractivity contribution is 8.76. The Labute approximate surface area is 710 Å². The number of likely N-dealkylation sites (N-methyl/N-ethyl adjacent to an activating group) is 1. The van der Waals surface area contributed by atoms with Gasteiger partial charge in [0.1, 0.15) is 66.0 Å². The van der Waals surface area contributed by atoms with E-state index < -0.39 is 188 Å². The number of phenolic OH excluding ortho intramolecular Hbond substituents is 1. The normalized spacial score (nSPS) is 15.3. The van der Waals surface area contributed by atoms with Crippen LogP contribution in [0.1, 0.15) is 177 Å². The van der Waals surface area contributed by atoms with E-state index in [1.165, 1.54) is 55.6 Å². The number of carbonyl (C=O) groups is 17. The smallest absolute Gasteiger partial charge is 0.426 e. The zero-order valence-electron chi connectivity index (χ0n) is 68.5. The molecule has 4 rings (SSSR count). The number of rotatable bonds is 54. The molecule has 12 atom stereocenters. The lowest BCUT2D eigenvalue weighted by atomic mass is 9.92. The van der Waals surface area contributed by atoms with Crippen LogP contribution >= 0.6 is 32.9 Å². The first-order valence-electron chi connectivity index (χ1n) is 39.3. The number of aliphatic carboxylic acids is 6. The number of carboxylic acids is 6. The van der Waals surface area contributed by atoms with Gasteiger partial charge in [-0.15, -0.1) is 11.3 Å². The topological polar surface area (TPSA) is 611 Å². The molecule has 12 amide bonds. The fourth-order valence-electron chi connectivity index (χ4n) is 12.3. The number of aromatic nitrogens is 1. The van der Waals surface area contributed by atoms with Crippen molar-refractivity contribution < 1.29 is 131 Å². The maximum atomic E-state index is 15.0. The lowest BCUT2D eigenvalue weighted by Crippen LogP contribution is -2.59. The Balaban J connectivity index is 1.27. The molecule has 44 heteroatoms. The Morgan fingerprint density at radius 2 is 1.26 bits per heavy atom. The van der Waals surface area contributed by atoms with Crippen molar-refractivity contribution in [3.63, 3.8) is 0 Å². The van der Waals surface area contributed by atoms with Gasteiger partial charge in [-0.05, 0) is 112 Å². The number of piperidine rings is 1. The van der Waals surface area contributed by atoms with Crippen LogP contribution in [-0.2, 0) is 95.9 Å². The molecule has 1 fully saturated rings. The van der Waals surface area contributed by atoms with Crippen LogP contribution in [0.25, 0.3) is 0 Å². The standard InChI is InChI=1S/C77H112N14O27S3/c1-9-29-116-41-91(71(106)64(43(5)10-2)87-69(105)57-16-12-14-28-90(57)8)58(42(3)4)37-59(118-45(7)92)70-84-55(39-119-70)68(104)80-49(33-46-21-23-50(93)24-22-46)32-44(6)65(101)88-89-77(115)117-30-31-120-121-40-56(74(111)112)83-67(103)54(36-63(99)100)82-66(102)53(35-62(97)98)81-60(94)34-47-17-19-48(20-18-47)38-79-75(113)78-27-13-11-15-51(72(107)108)85-76(114)86-52(73(109)110)25-26-61(95)96/h17-24,39,42-44,49,51-54,56-59,64,93H,9-16,25-38,40-41H2,1-8H3,(H,80,104)(H,81,94)(H,82,102)(H,83,103)(H,87,105)(H,88,101)(H,89,115)(H,95,96)(H,97,98)(H,99,100)(H,107,108)(H,109,110)(H,111,112)(H2,78,79,113)(H2,85,86,114)/t43?,44-,49+,51-,52-,53-,54-,56-,57+,58+,59+,64-/m0/s1. The number of amides is 12. The number of thiazole rings is 1. The summed E-state index contributed by atoms with van der Waals surface area (Å²) in [6.45, 7) is 13.1. The van der Waals surface area contributed by atoms with E-state index in [1.54, 1.807) is 17.0 Å². The van der Waals surface area contributed by atoms with Crippen molar-refractivity contribution in [2.45, 2.75) is 218 Å². The van der Waals surface area contributed by atoms with Gasteiger partial charge >= 0.3 is 59.9 Å². The van der Waals surface area contributed by atoms with Crippen molar-refractivity contribution >= 4 is 134 Å². The third-order valence-electron chi connectivity index (χ3n) is 19.1. The number of unbranched alkanes of at least 4 members (excludes halogenated alkanes) is 1. The number of hydrogen-bond donors (Lipinski definition) is 18. The number of ether oxygens (including phenoxy) is 3. The monoisotopic (exact) mass is 1760 g/mol. The number of nitrogens with zero attached hydrogens (tertiary/aromatic N) is 3. The maximum absolute atomic E-state index is 15.0. The van der Waals surface area contributed by atoms with Gasteiger partial charge in [-0.3, -0.25) is 63.1 Å². The van der Waals surface area contributed by atoms with Crippen LogP contribution in [0.2, 0.25) is 0 Å². The van der Waals surface area contributed by atoms with Crippen LogP contribution in [0.4, 0.5) is 14.4 Å². The number of phenols is 1. The lowest BCUT2D eigenvalue weighted by Gasteiger charge is -2.39. The van der Waals surface area contributed by atoms with Gasteiger partial charge in [0.25, 0.3) is 5.91 Å². The van der Waals surface area contributed by atoms with Crippen molar-refractivity contribution in [2.24, 2.45) is 17.8 Å². The van der Waals surface area contributed by atoms with E-state index >= 15 is 0 Å². The molecular formula is C77H112N14O27S3. The molecule has 2 aromatic carbocycles. The molecule has 1 unspecified atom stereocenters. The van der Waals surface area contributed by atoms with Crippen molar-refractivity contribution in [3.05, 3.63) is 81.3 Å². The van der Waals surface area contributed by atoms with Gasteiger partial charge in [0, 0.05) is 74.3 Å². The van der Waals surface area contributed by atoms with Gasteiger partial charge in [0.2, 0.25) is 35.4 Å². The summed E-state index contributed by atoms with van der Waals surface area (Å²) in [6, 6.07) is -0.898. The second-order valence-corrected chi connectivity index (χ2v) is 32.7. The summed E-state index contributed by atoms with van der Waals surface area (Å²) in [6.07, 6.45) is -1.54. The van der Waals surface area contributed by atoms with E-state index in [1.807, 2.05) is 51.9 Å². The largest absolute Gasteiger partial charge is 0.508 e. The van der Waals surface area contributed by atoms with Crippen molar-refractivity contribution in [1.29, 1.82) is 0 Å². The average molecular weight is 1760 g/mol. The number of nitrogens with one attached hydrogen (secondary N) is 11. The van der Waals surface area contributed by atoms with Crippen LogP contribution in [0, 0.1) is 17.8 Å². The first kappa shape index (κ1) is 102. The number of esters is 1. The first-order valence-corrected chi connectivity index (χ1v) is 42.6. The molecule has 1 saturated heterocycles. The summed E-state index contributed by atoms with van der Waals surface area (Å²) in [4.78, 5) is 225. The highest BCUT2D eigenvalue weighted by atomic mass is 33.1. The molecule has 41 nitrogen and oxygen atoms in total.